The molecule has 0 radical (unpaired) electrons. The van der Waals surface area contributed by atoms with Crippen LogP contribution in [-0.2, 0) is 0 Å². The van der Waals surface area contributed by atoms with Gasteiger partial charge in [0.2, 0.25) is 0 Å². The molecule has 0 atom stereocenters. The van der Waals surface area contributed by atoms with Crippen molar-refractivity contribution in [2.24, 2.45) is 0 Å². The number of nitrogens with zero attached hydrogens (tertiary/aromatic N) is 1. The van der Waals surface area contributed by atoms with Crippen LogP contribution in [0.3, 0.4) is 0 Å². The van der Waals surface area contributed by atoms with Crippen LogP contribution in [0.4, 0.5) is 10.8 Å². The second-order valence-electron chi connectivity index (χ2n) is 3.59. The van der Waals surface area contributed by atoms with E-state index in [0.717, 1.165) is 10.8 Å². The van der Waals surface area contributed by atoms with Gasteiger partial charge < -0.3 is 5.32 Å². The Morgan fingerprint density at radius 3 is 2.88 bits per heavy atom. The van der Waals surface area contributed by atoms with E-state index in [9.17, 15) is 4.79 Å². The lowest BCUT2D eigenvalue weighted by molar-refractivity contribution is 0.101. The molecule has 2 aromatic rings. The molecule has 0 spiro atoms. The fraction of sp³-hybridized carbons (Fsp3) is 0.167. The number of rotatable bonds is 3. The summed E-state index contributed by atoms with van der Waals surface area (Å²) in [5.74, 6) is -0.00598. The van der Waals surface area contributed by atoms with Crippen LogP contribution in [0, 0.1) is 6.92 Å². The number of ketones is 1. The fourth-order valence-electron chi connectivity index (χ4n) is 1.34. The van der Waals surface area contributed by atoms with Crippen molar-refractivity contribution in [3.63, 3.8) is 0 Å². The van der Waals surface area contributed by atoms with Gasteiger partial charge in [-0.1, -0.05) is 12.1 Å². The largest absolute Gasteiger partial charge is 0.332 e. The highest BCUT2D eigenvalue weighted by Crippen LogP contribution is 2.21. The molecule has 0 saturated heterocycles. The van der Waals surface area contributed by atoms with E-state index < -0.39 is 0 Å². The molecule has 82 valence electrons. The molecule has 0 saturated carbocycles. The molecule has 1 aromatic carbocycles. The predicted octanol–water partition coefficient (Wildman–Crippen LogP) is 3.40. The molecule has 0 aliphatic heterocycles. The summed E-state index contributed by atoms with van der Waals surface area (Å²) in [5.41, 5.74) is 2.69. The third kappa shape index (κ3) is 2.46. The quantitative estimate of drug-likeness (QED) is 0.825. The molecule has 0 bridgehead atoms. The molecule has 0 aliphatic rings. The SMILES string of the molecule is CC(=O)c1csc(Nc2cccc(C)c2)n1. The Balaban J connectivity index is 2.17. The van der Waals surface area contributed by atoms with E-state index in [2.05, 4.69) is 10.3 Å². The average Bonchev–Trinajstić information content (AvgIpc) is 2.66. The van der Waals surface area contributed by atoms with Crippen molar-refractivity contribution in [1.82, 2.24) is 4.98 Å². The minimum absolute atomic E-state index is 0.00598. The lowest BCUT2D eigenvalue weighted by atomic mass is 10.2. The molecule has 4 heteroatoms. The maximum atomic E-state index is 11.1. The Kier molecular flexibility index (Phi) is 3.01. The standard InChI is InChI=1S/C12H12N2OS/c1-8-4-3-5-10(6-8)13-12-14-11(7-16-12)9(2)15/h3-7H,1-2H3,(H,13,14). The normalized spacial score (nSPS) is 10.1. The molecule has 16 heavy (non-hydrogen) atoms. The number of benzene rings is 1. The van der Waals surface area contributed by atoms with Gasteiger partial charge in [-0.2, -0.15) is 0 Å². The molecule has 1 heterocycles. The number of thiazole rings is 1. The van der Waals surface area contributed by atoms with Gasteiger partial charge in [-0.05, 0) is 24.6 Å². The first-order chi connectivity index (χ1) is 7.65. The maximum Gasteiger partial charge on any atom is 0.187 e. The van der Waals surface area contributed by atoms with Gasteiger partial charge in [0.05, 0.1) is 0 Å². The van der Waals surface area contributed by atoms with Crippen LogP contribution in [0.2, 0.25) is 0 Å². The van der Waals surface area contributed by atoms with Crippen LogP contribution >= 0.6 is 11.3 Å². The number of hydrogen-bond donors (Lipinski definition) is 1. The van der Waals surface area contributed by atoms with E-state index in [-0.39, 0.29) is 5.78 Å². The van der Waals surface area contributed by atoms with Gasteiger partial charge in [0.15, 0.2) is 10.9 Å². The summed E-state index contributed by atoms with van der Waals surface area (Å²) < 4.78 is 0. The zero-order chi connectivity index (χ0) is 11.5. The molecule has 2 rings (SSSR count). The Bertz CT molecular complexity index is 519. The van der Waals surface area contributed by atoms with Crippen LogP contribution in [0.5, 0.6) is 0 Å². The molecule has 1 aromatic heterocycles. The predicted molar refractivity (Wildman–Crippen MR) is 66.6 cm³/mol. The van der Waals surface area contributed by atoms with Crippen molar-refractivity contribution >= 4 is 27.9 Å². The number of nitrogens with one attached hydrogen (secondary N) is 1. The molecular formula is C12H12N2OS. The molecular weight excluding hydrogens is 220 g/mol. The number of Topliss-reactive ketones (excluding diaryl/α,β-unsaturated/α-hetero) is 1. The van der Waals surface area contributed by atoms with Gasteiger partial charge in [0, 0.05) is 18.0 Å². The number of aryl methyl sites for hydroxylation is 1. The van der Waals surface area contributed by atoms with Crippen molar-refractivity contribution in [1.29, 1.82) is 0 Å². The zero-order valence-corrected chi connectivity index (χ0v) is 9.97. The minimum atomic E-state index is -0.00598. The van der Waals surface area contributed by atoms with E-state index in [1.165, 1.54) is 23.8 Å². The van der Waals surface area contributed by atoms with Crippen LogP contribution < -0.4 is 5.32 Å². The summed E-state index contributed by atoms with van der Waals surface area (Å²) in [6.45, 7) is 3.56. The summed E-state index contributed by atoms with van der Waals surface area (Å²) >= 11 is 1.44. The van der Waals surface area contributed by atoms with Crippen molar-refractivity contribution in [2.75, 3.05) is 5.32 Å². The van der Waals surface area contributed by atoms with Crippen LogP contribution in [-0.4, -0.2) is 10.8 Å². The Morgan fingerprint density at radius 2 is 2.25 bits per heavy atom. The highest BCUT2D eigenvalue weighted by Gasteiger charge is 2.05. The lowest BCUT2D eigenvalue weighted by Crippen LogP contribution is -1.94. The number of carbonyl (C=O) groups excluding carboxylic acids is 1. The van der Waals surface area contributed by atoms with E-state index in [1.54, 1.807) is 5.38 Å². The Labute approximate surface area is 98.2 Å². The minimum Gasteiger partial charge on any atom is -0.332 e. The highest BCUT2D eigenvalue weighted by atomic mass is 32.1. The molecule has 0 fully saturated rings. The fourth-order valence-corrected chi connectivity index (χ4v) is 2.11. The number of hydrogen-bond acceptors (Lipinski definition) is 4. The van der Waals surface area contributed by atoms with Crippen LogP contribution in [0.1, 0.15) is 23.0 Å². The molecule has 0 aliphatic carbocycles. The van der Waals surface area contributed by atoms with Gasteiger partial charge in [-0.3, -0.25) is 4.79 Å². The molecule has 0 unspecified atom stereocenters. The zero-order valence-electron chi connectivity index (χ0n) is 9.15. The van der Waals surface area contributed by atoms with Crippen molar-refractivity contribution in [3.8, 4) is 0 Å². The third-order valence-electron chi connectivity index (χ3n) is 2.13. The lowest BCUT2D eigenvalue weighted by Gasteiger charge is -2.02. The third-order valence-corrected chi connectivity index (χ3v) is 2.89. The first-order valence-electron chi connectivity index (χ1n) is 4.95. The van der Waals surface area contributed by atoms with Gasteiger partial charge >= 0.3 is 0 Å². The van der Waals surface area contributed by atoms with Gasteiger partial charge in [-0.25, -0.2) is 4.98 Å². The number of anilines is 2. The Morgan fingerprint density at radius 1 is 1.44 bits per heavy atom. The topological polar surface area (TPSA) is 42.0 Å². The van der Waals surface area contributed by atoms with Gasteiger partial charge in [0.25, 0.3) is 0 Å². The second-order valence-corrected chi connectivity index (χ2v) is 4.45. The van der Waals surface area contributed by atoms with E-state index >= 15 is 0 Å². The Hall–Kier alpha value is -1.68. The second kappa shape index (κ2) is 4.45. The summed E-state index contributed by atoms with van der Waals surface area (Å²) in [5, 5.41) is 5.69. The average molecular weight is 232 g/mol. The van der Waals surface area contributed by atoms with Crippen molar-refractivity contribution < 1.29 is 4.79 Å². The summed E-state index contributed by atoms with van der Waals surface area (Å²) in [6.07, 6.45) is 0. The van der Waals surface area contributed by atoms with Gasteiger partial charge in [0.1, 0.15) is 5.69 Å². The van der Waals surface area contributed by atoms with E-state index in [0.29, 0.717) is 5.69 Å². The molecule has 1 N–H and O–H groups in total. The number of aromatic nitrogens is 1. The molecule has 0 amide bonds. The first-order valence-corrected chi connectivity index (χ1v) is 5.83. The van der Waals surface area contributed by atoms with Crippen LogP contribution in [0.15, 0.2) is 29.6 Å². The summed E-state index contributed by atoms with van der Waals surface area (Å²) in [7, 11) is 0. The van der Waals surface area contributed by atoms with E-state index in [4.69, 9.17) is 0 Å². The maximum absolute atomic E-state index is 11.1. The first kappa shape index (κ1) is 10.8. The van der Waals surface area contributed by atoms with E-state index in [1.807, 2.05) is 31.2 Å². The summed E-state index contributed by atoms with van der Waals surface area (Å²) in [4.78, 5) is 15.3. The van der Waals surface area contributed by atoms with Crippen molar-refractivity contribution in [2.45, 2.75) is 13.8 Å². The monoisotopic (exact) mass is 232 g/mol. The molecule has 3 nitrogen and oxygen atoms in total. The smallest absolute Gasteiger partial charge is 0.187 e. The number of carbonyl (C=O) groups is 1. The van der Waals surface area contributed by atoms with Gasteiger partial charge in [-0.15, -0.1) is 11.3 Å². The van der Waals surface area contributed by atoms with Crippen LogP contribution in [0.25, 0.3) is 0 Å². The highest BCUT2D eigenvalue weighted by molar-refractivity contribution is 7.14. The summed E-state index contributed by atoms with van der Waals surface area (Å²) in [6, 6.07) is 8.03. The van der Waals surface area contributed by atoms with Crippen molar-refractivity contribution in [3.05, 3.63) is 40.9 Å².